The molecule has 0 amide bonds. The van der Waals surface area contributed by atoms with Gasteiger partial charge in [-0.3, -0.25) is 0 Å². The highest BCUT2D eigenvalue weighted by atomic mass is 16.5. The van der Waals surface area contributed by atoms with Gasteiger partial charge in [0.1, 0.15) is 18.2 Å². The molecule has 1 saturated heterocycles. The highest BCUT2D eigenvalue weighted by Gasteiger charge is 2.34. The van der Waals surface area contributed by atoms with Crippen LogP contribution in [0.25, 0.3) is 0 Å². The first-order chi connectivity index (χ1) is 9.78. The molecule has 1 aliphatic carbocycles. The quantitative estimate of drug-likeness (QED) is 0.918. The summed E-state index contributed by atoms with van der Waals surface area (Å²) in [5.41, 5.74) is 5.93. The van der Waals surface area contributed by atoms with E-state index >= 15 is 0 Å². The van der Waals surface area contributed by atoms with Gasteiger partial charge in [0, 0.05) is 25.8 Å². The molecule has 5 nitrogen and oxygen atoms in total. The van der Waals surface area contributed by atoms with Gasteiger partial charge in [0.05, 0.1) is 0 Å². The van der Waals surface area contributed by atoms with E-state index in [0.29, 0.717) is 24.3 Å². The predicted molar refractivity (Wildman–Crippen MR) is 79.5 cm³/mol. The molecule has 5 heteroatoms. The maximum Gasteiger partial charge on any atom is 0.158 e. The van der Waals surface area contributed by atoms with E-state index in [1.54, 1.807) is 7.11 Å². The van der Waals surface area contributed by atoms with E-state index in [1.165, 1.54) is 38.5 Å². The minimum Gasteiger partial charge on any atom is -0.384 e. The largest absolute Gasteiger partial charge is 0.384 e. The zero-order valence-electron chi connectivity index (χ0n) is 12.2. The maximum absolute atomic E-state index is 5.93. The number of nitrogens with two attached hydrogens (primary N) is 1. The Hall–Kier alpha value is -1.36. The van der Waals surface area contributed by atoms with Crippen molar-refractivity contribution in [2.75, 3.05) is 24.3 Å². The minimum absolute atomic E-state index is 0.417. The summed E-state index contributed by atoms with van der Waals surface area (Å²) < 4.78 is 5.13. The smallest absolute Gasteiger partial charge is 0.158 e. The third kappa shape index (κ3) is 2.73. The Morgan fingerprint density at radius 1 is 1.25 bits per heavy atom. The van der Waals surface area contributed by atoms with E-state index in [0.717, 1.165) is 18.3 Å². The topological polar surface area (TPSA) is 64.3 Å². The Labute approximate surface area is 120 Å². The average Bonchev–Trinajstić information content (AvgIpc) is 2.46. The van der Waals surface area contributed by atoms with Crippen LogP contribution in [0.5, 0.6) is 0 Å². The number of aromatic nitrogens is 2. The molecule has 2 fully saturated rings. The molecule has 2 heterocycles. The summed E-state index contributed by atoms with van der Waals surface area (Å²) in [5.74, 6) is 3.04. The molecule has 0 bridgehead atoms. The van der Waals surface area contributed by atoms with Gasteiger partial charge in [0.2, 0.25) is 0 Å². The highest BCUT2D eigenvalue weighted by Crippen LogP contribution is 2.37. The Morgan fingerprint density at radius 2 is 2.05 bits per heavy atom. The third-order valence-corrected chi connectivity index (χ3v) is 4.59. The van der Waals surface area contributed by atoms with Crippen molar-refractivity contribution >= 4 is 11.6 Å². The molecule has 1 aromatic heterocycles. The van der Waals surface area contributed by atoms with Crippen molar-refractivity contribution in [3.8, 4) is 0 Å². The number of rotatable bonds is 3. The fraction of sp³-hybridized carbons (Fsp3) is 0.733. The number of ether oxygens (including phenoxy) is 1. The SMILES string of the molecule is COCc1nc(N)cc(N2CCC[C@H]3CCCC[C@H]32)n1. The van der Waals surface area contributed by atoms with Crippen LogP contribution in [0.15, 0.2) is 6.07 Å². The van der Waals surface area contributed by atoms with Crippen LogP contribution >= 0.6 is 0 Å². The second kappa shape index (κ2) is 5.95. The number of hydrogen-bond donors (Lipinski definition) is 1. The highest BCUT2D eigenvalue weighted by molar-refractivity contribution is 5.48. The van der Waals surface area contributed by atoms with E-state index < -0.39 is 0 Å². The fourth-order valence-corrected chi connectivity index (χ4v) is 3.75. The number of anilines is 2. The van der Waals surface area contributed by atoms with Gasteiger partial charge in [-0.25, -0.2) is 9.97 Å². The summed E-state index contributed by atoms with van der Waals surface area (Å²) in [6.07, 6.45) is 8.00. The lowest BCUT2D eigenvalue weighted by atomic mass is 9.78. The van der Waals surface area contributed by atoms with Crippen molar-refractivity contribution in [1.82, 2.24) is 9.97 Å². The number of nitrogens with zero attached hydrogens (tertiary/aromatic N) is 3. The van der Waals surface area contributed by atoms with Crippen LogP contribution in [0.4, 0.5) is 11.6 Å². The monoisotopic (exact) mass is 276 g/mol. The van der Waals surface area contributed by atoms with E-state index in [1.807, 2.05) is 6.07 Å². The van der Waals surface area contributed by atoms with Crippen LogP contribution < -0.4 is 10.6 Å². The molecule has 1 aliphatic heterocycles. The molecule has 0 spiro atoms. The summed E-state index contributed by atoms with van der Waals surface area (Å²) in [6.45, 7) is 1.50. The Balaban J connectivity index is 1.86. The molecular formula is C15H24N4O. The van der Waals surface area contributed by atoms with Crippen LogP contribution in [0.3, 0.4) is 0 Å². The zero-order chi connectivity index (χ0) is 13.9. The summed E-state index contributed by atoms with van der Waals surface area (Å²) in [5, 5.41) is 0. The molecule has 1 saturated carbocycles. The maximum atomic E-state index is 5.93. The second-order valence-corrected chi connectivity index (χ2v) is 5.95. The van der Waals surface area contributed by atoms with Gasteiger partial charge in [0.15, 0.2) is 5.82 Å². The number of nitrogen functional groups attached to an aromatic ring is 1. The molecule has 0 aromatic carbocycles. The number of methoxy groups -OCH3 is 1. The van der Waals surface area contributed by atoms with Crippen molar-refractivity contribution in [1.29, 1.82) is 0 Å². The van der Waals surface area contributed by atoms with Crippen molar-refractivity contribution in [3.05, 3.63) is 11.9 Å². The molecule has 20 heavy (non-hydrogen) atoms. The Bertz CT molecular complexity index is 463. The van der Waals surface area contributed by atoms with Gasteiger partial charge in [-0.15, -0.1) is 0 Å². The number of hydrogen-bond acceptors (Lipinski definition) is 5. The molecule has 0 radical (unpaired) electrons. The number of fused-ring (bicyclic) bond motifs is 1. The first kappa shape index (κ1) is 13.6. The summed E-state index contributed by atoms with van der Waals surface area (Å²) >= 11 is 0. The molecule has 2 aliphatic rings. The van der Waals surface area contributed by atoms with Crippen molar-refractivity contribution < 1.29 is 4.74 Å². The van der Waals surface area contributed by atoms with Crippen molar-refractivity contribution in [3.63, 3.8) is 0 Å². The lowest BCUT2D eigenvalue weighted by molar-refractivity contribution is 0.177. The summed E-state index contributed by atoms with van der Waals surface area (Å²) in [4.78, 5) is 11.3. The molecule has 1 aromatic rings. The minimum atomic E-state index is 0.417. The van der Waals surface area contributed by atoms with Crippen LogP contribution in [0.1, 0.15) is 44.3 Å². The second-order valence-electron chi connectivity index (χ2n) is 5.95. The zero-order valence-corrected chi connectivity index (χ0v) is 12.2. The first-order valence-electron chi connectivity index (χ1n) is 7.67. The van der Waals surface area contributed by atoms with Crippen molar-refractivity contribution in [2.45, 2.75) is 51.2 Å². The van der Waals surface area contributed by atoms with Crippen LogP contribution in [-0.2, 0) is 11.3 Å². The van der Waals surface area contributed by atoms with Crippen LogP contribution in [0, 0.1) is 5.92 Å². The summed E-state index contributed by atoms with van der Waals surface area (Å²) in [7, 11) is 1.66. The fourth-order valence-electron chi connectivity index (χ4n) is 3.75. The van der Waals surface area contributed by atoms with Crippen LogP contribution in [0.2, 0.25) is 0 Å². The first-order valence-corrected chi connectivity index (χ1v) is 7.67. The van der Waals surface area contributed by atoms with E-state index in [2.05, 4.69) is 14.9 Å². The molecule has 2 atom stereocenters. The van der Waals surface area contributed by atoms with Gasteiger partial charge in [-0.05, 0) is 31.6 Å². The number of piperidine rings is 1. The van der Waals surface area contributed by atoms with Gasteiger partial charge in [0.25, 0.3) is 0 Å². The third-order valence-electron chi connectivity index (χ3n) is 4.59. The van der Waals surface area contributed by atoms with E-state index in [9.17, 15) is 0 Å². The Kier molecular flexibility index (Phi) is 4.05. The van der Waals surface area contributed by atoms with Gasteiger partial charge < -0.3 is 15.4 Å². The normalized spacial score (nSPS) is 26.4. The molecular weight excluding hydrogens is 252 g/mol. The van der Waals surface area contributed by atoms with Gasteiger partial charge in [-0.2, -0.15) is 0 Å². The molecule has 3 rings (SSSR count). The lowest BCUT2D eigenvalue weighted by Gasteiger charge is -2.44. The van der Waals surface area contributed by atoms with Gasteiger partial charge in [-0.1, -0.05) is 12.8 Å². The van der Waals surface area contributed by atoms with E-state index in [4.69, 9.17) is 10.5 Å². The lowest BCUT2D eigenvalue weighted by Crippen LogP contribution is -2.47. The average molecular weight is 276 g/mol. The molecule has 2 N–H and O–H groups in total. The standard InChI is InChI=1S/C15H24N4O/c1-20-10-14-17-13(16)9-15(18-14)19-8-4-6-11-5-2-3-7-12(11)19/h9,11-12H,2-8,10H2,1H3,(H2,16,17,18)/t11-,12-/m1/s1. The van der Waals surface area contributed by atoms with Gasteiger partial charge >= 0.3 is 0 Å². The Morgan fingerprint density at radius 3 is 2.90 bits per heavy atom. The van der Waals surface area contributed by atoms with E-state index in [-0.39, 0.29) is 0 Å². The molecule has 0 unspecified atom stereocenters. The van der Waals surface area contributed by atoms with Crippen molar-refractivity contribution in [2.24, 2.45) is 5.92 Å². The molecule has 110 valence electrons. The predicted octanol–water partition coefficient (Wildman–Crippen LogP) is 2.36. The summed E-state index contributed by atoms with van der Waals surface area (Å²) in [6, 6.07) is 2.55. The van der Waals surface area contributed by atoms with Crippen LogP contribution in [-0.4, -0.2) is 29.7 Å².